The predicted molar refractivity (Wildman–Crippen MR) is 71.0 cm³/mol. The second kappa shape index (κ2) is 6.75. The van der Waals surface area contributed by atoms with Gasteiger partial charge >= 0.3 is 0 Å². The van der Waals surface area contributed by atoms with E-state index in [1.807, 2.05) is 13.8 Å². The van der Waals surface area contributed by atoms with Crippen molar-refractivity contribution in [2.75, 3.05) is 17.3 Å². The Morgan fingerprint density at radius 3 is 2.89 bits per heavy atom. The number of hydrogen-bond donors (Lipinski definition) is 4. The lowest BCUT2D eigenvalue weighted by Crippen LogP contribution is -2.38. The van der Waals surface area contributed by atoms with Crippen LogP contribution in [-0.2, 0) is 4.79 Å². The molecule has 0 aliphatic heterocycles. The third-order valence-electron chi connectivity index (χ3n) is 2.40. The van der Waals surface area contributed by atoms with Crippen LogP contribution in [0.2, 0.25) is 0 Å². The molecule has 1 unspecified atom stereocenters. The average Bonchev–Trinajstić information content (AvgIpc) is 2.38. The molecule has 0 saturated carbocycles. The highest BCUT2D eigenvalue weighted by Crippen LogP contribution is 2.13. The molecule has 5 N–H and O–H groups in total. The number of nitrogens with two attached hydrogens (primary N) is 1. The second-order valence-corrected chi connectivity index (χ2v) is 4.03. The molecule has 0 aliphatic carbocycles. The van der Waals surface area contributed by atoms with Gasteiger partial charge in [-0.2, -0.15) is 4.98 Å². The number of carbonyl (C=O) groups excluding carboxylic acids is 1. The Labute approximate surface area is 107 Å². The Bertz CT molecular complexity index is 409. The molecule has 1 heterocycles. The quantitative estimate of drug-likeness (QED) is 0.431. The normalized spacial score (nSPS) is 11.8. The van der Waals surface area contributed by atoms with Gasteiger partial charge in [0.25, 0.3) is 0 Å². The molecular formula is C11H20N6O. The first kappa shape index (κ1) is 14.2. The number of nitrogens with zero attached hydrogens (tertiary/aromatic N) is 2. The molecular weight excluding hydrogens is 232 g/mol. The van der Waals surface area contributed by atoms with Crippen LogP contribution in [0.4, 0.5) is 11.8 Å². The Morgan fingerprint density at radius 2 is 2.28 bits per heavy atom. The van der Waals surface area contributed by atoms with Gasteiger partial charge in [-0.1, -0.05) is 6.92 Å². The highest BCUT2D eigenvalue weighted by Gasteiger charge is 2.14. The summed E-state index contributed by atoms with van der Waals surface area (Å²) < 4.78 is 0. The number of nitrogens with one attached hydrogen (secondary N) is 3. The highest BCUT2D eigenvalue weighted by atomic mass is 16.2. The molecule has 18 heavy (non-hydrogen) atoms. The molecule has 1 aromatic heterocycles. The molecule has 0 aliphatic rings. The van der Waals surface area contributed by atoms with Crippen LogP contribution in [-0.4, -0.2) is 28.5 Å². The Hall–Kier alpha value is -1.89. The Kier molecular flexibility index (Phi) is 5.31. The zero-order valence-electron chi connectivity index (χ0n) is 10.9. The third kappa shape index (κ3) is 3.85. The van der Waals surface area contributed by atoms with Crippen LogP contribution in [0.25, 0.3) is 0 Å². The summed E-state index contributed by atoms with van der Waals surface area (Å²) in [4.78, 5) is 19.8. The lowest BCUT2D eigenvalue weighted by Gasteiger charge is -2.16. The van der Waals surface area contributed by atoms with Crippen molar-refractivity contribution in [3.05, 3.63) is 11.8 Å². The first-order valence-corrected chi connectivity index (χ1v) is 5.93. The minimum absolute atomic E-state index is 0.0582. The van der Waals surface area contributed by atoms with E-state index in [0.29, 0.717) is 18.3 Å². The Balaban J connectivity index is 2.68. The number of hydrazine groups is 1. The van der Waals surface area contributed by atoms with Crippen LogP contribution < -0.4 is 21.9 Å². The van der Waals surface area contributed by atoms with Crippen LogP contribution in [0.1, 0.15) is 25.8 Å². The largest absolute Gasteiger partial charge is 0.358 e. The maximum absolute atomic E-state index is 11.7. The molecule has 1 amide bonds. The van der Waals surface area contributed by atoms with E-state index in [9.17, 15) is 4.79 Å². The number of carbonyl (C=O) groups is 1. The van der Waals surface area contributed by atoms with Crippen molar-refractivity contribution < 1.29 is 4.79 Å². The van der Waals surface area contributed by atoms with Gasteiger partial charge in [0.05, 0.1) is 0 Å². The zero-order chi connectivity index (χ0) is 13.5. The molecule has 1 rings (SSSR count). The number of aromatic nitrogens is 2. The standard InChI is InChI=1S/C11H20N6O/c1-4-5-13-10(18)8(3)15-9-7(2)6-14-11(16-9)17-12/h6,8H,4-5,12H2,1-3H3,(H,13,18)(H2,14,15,16,17). The van der Waals surface area contributed by atoms with E-state index in [-0.39, 0.29) is 11.9 Å². The molecule has 7 heteroatoms. The second-order valence-electron chi connectivity index (χ2n) is 4.03. The SMILES string of the molecule is CCCNC(=O)C(C)Nc1nc(NN)ncc1C. The number of nitrogen functional groups attached to an aromatic ring is 1. The number of rotatable bonds is 6. The van der Waals surface area contributed by atoms with E-state index < -0.39 is 0 Å². The molecule has 1 atom stereocenters. The van der Waals surface area contributed by atoms with Crippen molar-refractivity contribution in [2.24, 2.45) is 5.84 Å². The lowest BCUT2D eigenvalue weighted by molar-refractivity contribution is -0.121. The predicted octanol–water partition coefficient (Wildman–Crippen LogP) is 0.397. The van der Waals surface area contributed by atoms with E-state index in [1.165, 1.54) is 0 Å². The van der Waals surface area contributed by atoms with E-state index in [2.05, 4.69) is 26.0 Å². The summed E-state index contributed by atoms with van der Waals surface area (Å²) in [5.41, 5.74) is 3.22. The zero-order valence-corrected chi connectivity index (χ0v) is 10.9. The number of hydrogen-bond acceptors (Lipinski definition) is 6. The van der Waals surface area contributed by atoms with Gasteiger partial charge < -0.3 is 10.6 Å². The van der Waals surface area contributed by atoms with Gasteiger partial charge in [-0.05, 0) is 20.3 Å². The van der Waals surface area contributed by atoms with Crippen molar-refractivity contribution in [3.8, 4) is 0 Å². The maximum atomic E-state index is 11.7. The first-order chi connectivity index (χ1) is 8.58. The summed E-state index contributed by atoms with van der Waals surface area (Å²) in [5.74, 6) is 6.09. The van der Waals surface area contributed by atoms with Gasteiger partial charge in [0.1, 0.15) is 11.9 Å². The van der Waals surface area contributed by atoms with Crippen molar-refractivity contribution >= 4 is 17.7 Å². The van der Waals surface area contributed by atoms with E-state index in [1.54, 1.807) is 13.1 Å². The smallest absolute Gasteiger partial charge is 0.242 e. The first-order valence-electron chi connectivity index (χ1n) is 5.93. The Morgan fingerprint density at radius 1 is 1.56 bits per heavy atom. The lowest BCUT2D eigenvalue weighted by atomic mass is 10.2. The van der Waals surface area contributed by atoms with E-state index in [4.69, 9.17) is 5.84 Å². The fourth-order valence-corrected chi connectivity index (χ4v) is 1.33. The minimum atomic E-state index is -0.365. The maximum Gasteiger partial charge on any atom is 0.242 e. The molecule has 1 aromatic rings. The monoisotopic (exact) mass is 252 g/mol. The number of aryl methyl sites for hydroxylation is 1. The molecule has 0 aromatic carbocycles. The topological polar surface area (TPSA) is 105 Å². The van der Waals surface area contributed by atoms with Crippen LogP contribution in [0.3, 0.4) is 0 Å². The van der Waals surface area contributed by atoms with Crippen LogP contribution in [0, 0.1) is 6.92 Å². The van der Waals surface area contributed by atoms with E-state index in [0.717, 1.165) is 12.0 Å². The molecule has 100 valence electrons. The molecule has 7 nitrogen and oxygen atoms in total. The average molecular weight is 252 g/mol. The van der Waals surface area contributed by atoms with Crippen LogP contribution in [0.15, 0.2) is 6.20 Å². The van der Waals surface area contributed by atoms with Gasteiger partial charge in [0, 0.05) is 18.3 Å². The van der Waals surface area contributed by atoms with Crippen molar-refractivity contribution in [1.29, 1.82) is 0 Å². The highest BCUT2D eigenvalue weighted by molar-refractivity contribution is 5.84. The molecule has 0 saturated heterocycles. The van der Waals surface area contributed by atoms with Gasteiger partial charge in [-0.25, -0.2) is 10.8 Å². The summed E-state index contributed by atoms with van der Waals surface area (Å²) >= 11 is 0. The minimum Gasteiger partial charge on any atom is -0.358 e. The fourth-order valence-electron chi connectivity index (χ4n) is 1.33. The van der Waals surface area contributed by atoms with Crippen LogP contribution >= 0.6 is 0 Å². The third-order valence-corrected chi connectivity index (χ3v) is 2.40. The molecule has 0 fully saturated rings. The van der Waals surface area contributed by atoms with E-state index >= 15 is 0 Å². The molecule has 0 spiro atoms. The van der Waals surface area contributed by atoms with Gasteiger partial charge in [0.2, 0.25) is 11.9 Å². The molecule has 0 bridgehead atoms. The molecule has 0 radical (unpaired) electrons. The van der Waals surface area contributed by atoms with Gasteiger partial charge in [-0.3, -0.25) is 10.2 Å². The van der Waals surface area contributed by atoms with Crippen molar-refractivity contribution in [2.45, 2.75) is 33.2 Å². The summed E-state index contributed by atoms with van der Waals surface area (Å²) in [6, 6.07) is -0.365. The summed E-state index contributed by atoms with van der Waals surface area (Å²) in [6.45, 7) is 6.32. The fraction of sp³-hybridized carbons (Fsp3) is 0.545. The number of amides is 1. The number of anilines is 2. The van der Waals surface area contributed by atoms with Gasteiger partial charge in [-0.15, -0.1) is 0 Å². The van der Waals surface area contributed by atoms with Crippen molar-refractivity contribution in [1.82, 2.24) is 15.3 Å². The van der Waals surface area contributed by atoms with Crippen LogP contribution in [0.5, 0.6) is 0 Å². The summed E-state index contributed by atoms with van der Waals surface area (Å²) in [7, 11) is 0. The summed E-state index contributed by atoms with van der Waals surface area (Å²) in [6.07, 6.45) is 2.55. The van der Waals surface area contributed by atoms with Crippen molar-refractivity contribution in [3.63, 3.8) is 0 Å². The summed E-state index contributed by atoms with van der Waals surface area (Å²) in [5, 5.41) is 5.85. The van der Waals surface area contributed by atoms with Gasteiger partial charge in [0.15, 0.2) is 0 Å².